The van der Waals surface area contributed by atoms with Gasteiger partial charge in [0.05, 0.1) is 23.0 Å². The maximum atomic E-state index is 14.9. The molecule has 2 N–H and O–H groups in total. The molecule has 1 saturated heterocycles. The number of fused-ring (bicyclic) bond motifs is 1. The minimum absolute atomic E-state index is 0.00728. The van der Waals surface area contributed by atoms with Gasteiger partial charge in [-0.2, -0.15) is 5.10 Å². The molecule has 1 unspecified atom stereocenters. The van der Waals surface area contributed by atoms with E-state index in [2.05, 4.69) is 20.7 Å². The maximum Gasteiger partial charge on any atom is 0.323 e. The molecule has 6 rings (SSSR count). The minimum atomic E-state index is -0.985. The molecule has 1 saturated carbocycles. The Morgan fingerprint density at radius 3 is 2.88 bits per heavy atom. The van der Waals surface area contributed by atoms with Crippen molar-refractivity contribution < 1.29 is 28.2 Å². The Hall–Kier alpha value is -4.16. The molecular formula is C28H26FN5O5S. The van der Waals surface area contributed by atoms with Crippen LogP contribution in [0.15, 0.2) is 48.9 Å². The number of amides is 1. The summed E-state index contributed by atoms with van der Waals surface area (Å²) >= 11 is 1.44. The fourth-order valence-electron chi connectivity index (χ4n) is 4.55. The fourth-order valence-corrected chi connectivity index (χ4v) is 5.59. The predicted molar refractivity (Wildman–Crippen MR) is 146 cm³/mol. The van der Waals surface area contributed by atoms with Crippen molar-refractivity contribution in [2.75, 3.05) is 18.5 Å². The molecule has 0 radical (unpaired) electrons. The number of aromatic nitrogens is 3. The van der Waals surface area contributed by atoms with Crippen molar-refractivity contribution in [3.05, 3.63) is 54.7 Å². The zero-order valence-corrected chi connectivity index (χ0v) is 22.2. The van der Waals surface area contributed by atoms with Crippen LogP contribution in [0.3, 0.4) is 0 Å². The molecule has 2 aliphatic rings. The van der Waals surface area contributed by atoms with Gasteiger partial charge in [0.25, 0.3) is 0 Å². The molecule has 12 heteroatoms. The second-order valence-corrected chi connectivity index (χ2v) is 11.0. The number of hydrogen-bond donors (Lipinski definition) is 2. The van der Waals surface area contributed by atoms with Gasteiger partial charge in [0.1, 0.15) is 30.1 Å². The summed E-state index contributed by atoms with van der Waals surface area (Å²) in [4.78, 5) is 40.8. The number of ether oxygens (including phenoxy) is 2. The summed E-state index contributed by atoms with van der Waals surface area (Å²) in [6.07, 6.45) is 8.62. The molecular weight excluding hydrogens is 537 g/mol. The van der Waals surface area contributed by atoms with Gasteiger partial charge in [-0.15, -0.1) is 11.3 Å². The molecule has 1 aliphatic carbocycles. The van der Waals surface area contributed by atoms with Gasteiger partial charge >= 0.3 is 5.97 Å². The summed E-state index contributed by atoms with van der Waals surface area (Å²) in [6.45, 7) is 1.50. The van der Waals surface area contributed by atoms with Gasteiger partial charge in [0.2, 0.25) is 5.91 Å². The summed E-state index contributed by atoms with van der Waals surface area (Å²) in [7, 11) is 0. The number of rotatable bonds is 10. The quantitative estimate of drug-likeness (QED) is 0.166. The first-order valence-electron chi connectivity index (χ1n) is 13.0. The van der Waals surface area contributed by atoms with E-state index >= 15 is 0 Å². The highest BCUT2D eigenvalue weighted by atomic mass is 32.1. The first kappa shape index (κ1) is 26.1. The van der Waals surface area contributed by atoms with Crippen LogP contribution in [0.1, 0.15) is 25.7 Å². The topological polar surface area (TPSA) is 124 Å². The van der Waals surface area contributed by atoms with Crippen LogP contribution in [-0.2, 0) is 25.7 Å². The van der Waals surface area contributed by atoms with Gasteiger partial charge in [-0.05, 0) is 50.4 Å². The Labute approximate surface area is 232 Å². The lowest BCUT2D eigenvalue weighted by Crippen LogP contribution is -2.33. The zero-order chi connectivity index (χ0) is 27.7. The molecule has 0 bridgehead atoms. The van der Waals surface area contributed by atoms with Crippen molar-refractivity contribution in [1.29, 1.82) is 0 Å². The summed E-state index contributed by atoms with van der Waals surface area (Å²) in [5.74, 6) is -0.875. The maximum absolute atomic E-state index is 14.9. The lowest BCUT2D eigenvalue weighted by molar-refractivity contribution is -0.146. The normalized spacial score (nSPS) is 17.5. The van der Waals surface area contributed by atoms with Gasteiger partial charge in [-0.1, -0.05) is 0 Å². The molecule has 1 aromatic carbocycles. The van der Waals surface area contributed by atoms with E-state index in [1.165, 1.54) is 29.5 Å². The van der Waals surface area contributed by atoms with Gasteiger partial charge in [-0.3, -0.25) is 19.3 Å². The second kappa shape index (κ2) is 10.8. The molecule has 4 heterocycles. The fraction of sp³-hybridized carbons (Fsp3) is 0.321. The Morgan fingerprint density at radius 2 is 2.12 bits per heavy atom. The second-order valence-electron chi connectivity index (χ2n) is 9.92. The minimum Gasteiger partial charge on any atom is -0.463 e. The van der Waals surface area contributed by atoms with Crippen molar-refractivity contribution >= 4 is 45.4 Å². The number of nitrogens with one attached hydrogen (secondary N) is 2. The number of halogens is 1. The largest absolute Gasteiger partial charge is 0.463 e. The summed E-state index contributed by atoms with van der Waals surface area (Å²) in [5, 5.41) is 10.1. The van der Waals surface area contributed by atoms with Crippen molar-refractivity contribution in [3.8, 4) is 21.9 Å². The van der Waals surface area contributed by atoms with E-state index in [-0.39, 0.29) is 30.1 Å². The molecule has 0 spiro atoms. The Balaban J connectivity index is 1.12. The van der Waals surface area contributed by atoms with Crippen LogP contribution in [0.5, 0.6) is 11.5 Å². The Bertz CT molecular complexity index is 1590. The highest BCUT2D eigenvalue weighted by Gasteiger charge is 2.50. The van der Waals surface area contributed by atoms with E-state index in [4.69, 9.17) is 9.47 Å². The van der Waals surface area contributed by atoms with Crippen LogP contribution in [0.4, 0.5) is 10.1 Å². The lowest BCUT2D eigenvalue weighted by Gasteiger charge is -2.11. The number of aldehydes is 1. The molecule has 206 valence electrons. The number of hydrogen-bond acceptors (Lipinski definition) is 9. The van der Waals surface area contributed by atoms with Crippen LogP contribution in [0.25, 0.3) is 20.7 Å². The van der Waals surface area contributed by atoms with E-state index in [0.29, 0.717) is 36.9 Å². The van der Waals surface area contributed by atoms with Crippen LogP contribution < -0.4 is 15.4 Å². The Kier molecular flexibility index (Phi) is 7.03. The first-order valence-corrected chi connectivity index (χ1v) is 13.8. The number of benzene rings is 1. The van der Waals surface area contributed by atoms with Gasteiger partial charge < -0.3 is 24.9 Å². The van der Waals surface area contributed by atoms with Crippen molar-refractivity contribution in [2.24, 2.45) is 5.41 Å². The molecule has 3 aromatic heterocycles. The average molecular weight is 564 g/mol. The van der Waals surface area contributed by atoms with E-state index in [0.717, 1.165) is 34.5 Å². The van der Waals surface area contributed by atoms with Crippen LogP contribution in [0, 0.1) is 11.2 Å². The molecule has 1 atom stereocenters. The highest BCUT2D eigenvalue weighted by molar-refractivity contribution is 7.22. The molecule has 2 fully saturated rings. The lowest BCUT2D eigenvalue weighted by atomic mass is 10.1. The molecule has 4 aromatic rings. The molecule has 40 heavy (non-hydrogen) atoms. The SMILES string of the molecule is O=CC1(C(=O)Nc2ccc(Oc3ccnc4cc(-c5cnn(CCOC(=O)C6CCCN6)c5)sc34)c(F)c2)CC1. The number of carbonyl (C=O) groups excluding carboxylic acids is 3. The van der Waals surface area contributed by atoms with E-state index in [9.17, 15) is 18.8 Å². The third kappa shape index (κ3) is 5.32. The van der Waals surface area contributed by atoms with Crippen LogP contribution >= 0.6 is 11.3 Å². The first-order chi connectivity index (χ1) is 19.4. The summed E-state index contributed by atoms with van der Waals surface area (Å²) < 4.78 is 28.6. The highest BCUT2D eigenvalue weighted by Crippen LogP contribution is 2.44. The van der Waals surface area contributed by atoms with E-state index < -0.39 is 17.1 Å². The Morgan fingerprint density at radius 1 is 1.25 bits per heavy atom. The average Bonchev–Trinajstić information content (AvgIpc) is 3.33. The van der Waals surface area contributed by atoms with Crippen molar-refractivity contribution in [2.45, 2.75) is 38.3 Å². The number of thiophene rings is 1. The number of carbonyl (C=O) groups is 3. The third-order valence-electron chi connectivity index (χ3n) is 7.08. The van der Waals surface area contributed by atoms with E-state index in [1.54, 1.807) is 23.1 Å². The smallest absolute Gasteiger partial charge is 0.323 e. The third-order valence-corrected chi connectivity index (χ3v) is 8.27. The molecule has 1 aliphatic heterocycles. The number of pyridine rings is 1. The zero-order valence-electron chi connectivity index (χ0n) is 21.4. The van der Waals surface area contributed by atoms with Crippen molar-refractivity contribution in [1.82, 2.24) is 20.1 Å². The predicted octanol–water partition coefficient (Wildman–Crippen LogP) is 4.30. The number of nitrogens with zero attached hydrogens (tertiary/aromatic N) is 3. The molecule has 10 nitrogen and oxygen atoms in total. The monoisotopic (exact) mass is 563 g/mol. The standard InChI is InChI=1S/C28H26FN5O5S/c29-19-12-18(33-27(37)28(16-35)6-7-28)3-4-22(19)39-23-5-9-31-21-13-24(40-25(21)23)17-14-32-34(15-17)10-11-38-26(36)20-2-1-8-30-20/h3-5,9,12-16,20,30H,1-2,6-8,10-11H2,(H,33,37). The van der Waals surface area contributed by atoms with Crippen LogP contribution in [-0.4, -0.2) is 52.1 Å². The number of esters is 1. The van der Waals surface area contributed by atoms with Gasteiger partial charge in [0, 0.05) is 40.7 Å². The van der Waals surface area contributed by atoms with E-state index in [1.807, 2.05) is 12.3 Å². The van der Waals surface area contributed by atoms with Gasteiger partial charge in [0.15, 0.2) is 11.6 Å². The summed E-state index contributed by atoms with van der Waals surface area (Å²) in [6, 6.07) is 7.50. The number of anilines is 1. The van der Waals surface area contributed by atoms with Gasteiger partial charge in [-0.25, -0.2) is 4.39 Å². The van der Waals surface area contributed by atoms with Crippen LogP contribution in [0.2, 0.25) is 0 Å². The molecule has 1 amide bonds. The van der Waals surface area contributed by atoms with Crippen molar-refractivity contribution in [3.63, 3.8) is 0 Å². The summed E-state index contributed by atoms with van der Waals surface area (Å²) in [5.41, 5.74) is 0.827.